The monoisotopic (exact) mass is 212 g/mol. The molecule has 0 fully saturated rings. The second-order valence-electron chi connectivity index (χ2n) is 2.55. The van der Waals surface area contributed by atoms with Crippen molar-refractivity contribution in [1.82, 2.24) is 4.57 Å². The zero-order valence-corrected chi connectivity index (χ0v) is 8.30. The topological polar surface area (TPSA) is 83.1 Å². The largest absolute Gasteiger partial charge is 0.477 e. The van der Waals surface area contributed by atoms with Crippen molar-refractivity contribution in [3.63, 3.8) is 0 Å². The molecular weight excluding hydrogens is 204 g/mol. The summed E-state index contributed by atoms with van der Waals surface area (Å²) in [5, 5.41) is 17.2. The zero-order chi connectivity index (χ0) is 10.7. The van der Waals surface area contributed by atoms with Gasteiger partial charge in [0.2, 0.25) is 0 Å². The van der Waals surface area contributed by atoms with Gasteiger partial charge < -0.3 is 5.11 Å². The lowest BCUT2D eigenvalue weighted by Crippen LogP contribution is -2.15. The van der Waals surface area contributed by atoms with Crippen LogP contribution in [0.25, 0.3) is 0 Å². The van der Waals surface area contributed by atoms with Gasteiger partial charge in [-0.3, -0.25) is 9.36 Å². The lowest BCUT2D eigenvalue weighted by molar-refractivity contribution is 0.0700. The predicted octanol–water partition coefficient (Wildman–Crippen LogP) is 0.694. The van der Waals surface area contributed by atoms with Crippen molar-refractivity contribution in [3.05, 3.63) is 20.2 Å². The fourth-order valence-electron chi connectivity index (χ4n) is 1.18. The van der Waals surface area contributed by atoms with Crippen LogP contribution in [0.5, 0.6) is 0 Å². The van der Waals surface area contributed by atoms with Gasteiger partial charge in [-0.25, -0.2) is 4.79 Å². The van der Waals surface area contributed by atoms with Gasteiger partial charge in [-0.1, -0.05) is 18.3 Å². The van der Waals surface area contributed by atoms with Gasteiger partial charge in [0, 0.05) is 5.69 Å². The van der Waals surface area contributed by atoms with Crippen LogP contribution in [0.1, 0.15) is 22.3 Å². The molecule has 14 heavy (non-hydrogen) atoms. The van der Waals surface area contributed by atoms with Gasteiger partial charge in [-0.2, -0.15) is 5.26 Å². The Labute approximate surface area is 83.8 Å². The van der Waals surface area contributed by atoms with Crippen molar-refractivity contribution in [3.8, 4) is 6.07 Å². The van der Waals surface area contributed by atoms with E-state index in [-0.39, 0.29) is 16.3 Å². The molecule has 0 bridgehead atoms. The highest BCUT2D eigenvalue weighted by molar-refractivity contribution is 7.11. The lowest BCUT2D eigenvalue weighted by Gasteiger charge is -2.00. The first-order valence-corrected chi connectivity index (χ1v) is 4.76. The smallest absolute Gasteiger partial charge is 0.347 e. The highest BCUT2D eigenvalue weighted by atomic mass is 32.1. The molecule has 5 nitrogen and oxygen atoms in total. The third-order valence-electron chi connectivity index (χ3n) is 1.76. The Kier molecular flexibility index (Phi) is 3.04. The molecule has 0 unspecified atom stereocenters. The molecular formula is C8H8N2O3S. The van der Waals surface area contributed by atoms with Crippen LogP contribution in [0.2, 0.25) is 0 Å². The van der Waals surface area contributed by atoms with E-state index >= 15 is 0 Å². The molecule has 0 atom stereocenters. The number of rotatable bonds is 3. The molecule has 0 saturated heterocycles. The predicted molar refractivity (Wildman–Crippen MR) is 50.5 cm³/mol. The van der Waals surface area contributed by atoms with Crippen LogP contribution >= 0.6 is 11.3 Å². The number of thiazole rings is 1. The fourth-order valence-corrected chi connectivity index (χ4v) is 2.10. The molecule has 6 heteroatoms. The Morgan fingerprint density at radius 1 is 1.71 bits per heavy atom. The molecule has 1 rings (SSSR count). The van der Waals surface area contributed by atoms with Crippen molar-refractivity contribution >= 4 is 17.3 Å². The maximum atomic E-state index is 11.3. The van der Waals surface area contributed by atoms with E-state index in [0.717, 1.165) is 0 Å². The second-order valence-corrected chi connectivity index (χ2v) is 3.51. The van der Waals surface area contributed by atoms with Gasteiger partial charge in [0.1, 0.15) is 11.4 Å². The number of aromatic carboxylic acids is 1. The summed E-state index contributed by atoms with van der Waals surface area (Å²) in [4.78, 5) is 21.7. The quantitative estimate of drug-likeness (QED) is 0.799. The number of carboxylic acids is 1. The lowest BCUT2D eigenvalue weighted by atomic mass is 10.3. The SMILES string of the molecule is CCc1c(C(=O)O)sc(=O)n1CC#N. The summed E-state index contributed by atoms with van der Waals surface area (Å²) in [6.07, 6.45) is 0.433. The average Bonchev–Trinajstić information content (AvgIpc) is 2.44. The summed E-state index contributed by atoms with van der Waals surface area (Å²) < 4.78 is 1.20. The van der Waals surface area contributed by atoms with E-state index < -0.39 is 5.97 Å². The molecule has 0 spiro atoms. The van der Waals surface area contributed by atoms with Crippen LogP contribution in [0.4, 0.5) is 0 Å². The highest BCUT2D eigenvalue weighted by Crippen LogP contribution is 2.13. The summed E-state index contributed by atoms with van der Waals surface area (Å²) >= 11 is 0.670. The zero-order valence-electron chi connectivity index (χ0n) is 7.48. The Balaban J connectivity index is 3.37. The third kappa shape index (κ3) is 1.67. The highest BCUT2D eigenvalue weighted by Gasteiger charge is 2.17. The van der Waals surface area contributed by atoms with Crippen molar-refractivity contribution in [1.29, 1.82) is 5.26 Å². The Hall–Kier alpha value is -1.61. The minimum atomic E-state index is -1.11. The van der Waals surface area contributed by atoms with E-state index in [1.165, 1.54) is 4.57 Å². The molecule has 0 aliphatic rings. The van der Waals surface area contributed by atoms with Gasteiger partial charge in [0.05, 0.1) is 6.07 Å². The summed E-state index contributed by atoms with van der Waals surface area (Å²) in [7, 11) is 0. The number of nitrogens with zero attached hydrogens (tertiary/aromatic N) is 2. The Bertz CT molecular complexity index is 452. The number of carboxylic acid groups (broad SMARTS) is 1. The van der Waals surface area contributed by atoms with Crippen molar-refractivity contribution in [2.45, 2.75) is 19.9 Å². The molecule has 1 aromatic rings. The van der Waals surface area contributed by atoms with Crippen LogP contribution in [0, 0.1) is 11.3 Å². The molecule has 1 N–H and O–H groups in total. The van der Waals surface area contributed by atoms with E-state index in [2.05, 4.69) is 0 Å². The third-order valence-corrected chi connectivity index (χ3v) is 2.77. The molecule has 1 heterocycles. The van der Waals surface area contributed by atoms with Crippen molar-refractivity contribution in [2.24, 2.45) is 0 Å². The van der Waals surface area contributed by atoms with E-state index in [1.807, 2.05) is 6.07 Å². The molecule has 0 saturated carbocycles. The van der Waals surface area contributed by atoms with Crippen molar-refractivity contribution < 1.29 is 9.90 Å². The van der Waals surface area contributed by atoms with Crippen LogP contribution in [0.15, 0.2) is 4.79 Å². The normalized spacial score (nSPS) is 9.71. The molecule has 0 aromatic carbocycles. The number of hydrogen-bond acceptors (Lipinski definition) is 4. The van der Waals surface area contributed by atoms with Gasteiger partial charge in [-0.15, -0.1) is 0 Å². The summed E-state index contributed by atoms with van der Waals surface area (Å²) in [6, 6.07) is 1.83. The minimum absolute atomic E-state index is 0.0350. The van der Waals surface area contributed by atoms with E-state index in [4.69, 9.17) is 10.4 Å². The molecule has 0 aliphatic carbocycles. The summed E-state index contributed by atoms with van der Waals surface area (Å²) in [6.45, 7) is 1.66. The van der Waals surface area contributed by atoms with Gasteiger partial charge in [0.25, 0.3) is 0 Å². The van der Waals surface area contributed by atoms with Crippen LogP contribution in [0.3, 0.4) is 0 Å². The van der Waals surface area contributed by atoms with Crippen LogP contribution in [-0.4, -0.2) is 15.6 Å². The number of aromatic nitrogens is 1. The molecule has 1 aromatic heterocycles. The van der Waals surface area contributed by atoms with Gasteiger partial charge in [0.15, 0.2) is 0 Å². The average molecular weight is 212 g/mol. The number of nitriles is 1. The maximum absolute atomic E-state index is 11.3. The van der Waals surface area contributed by atoms with E-state index in [1.54, 1.807) is 6.92 Å². The second kappa shape index (κ2) is 4.07. The van der Waals surface area contributed by atoms with Gasteiger partial charge in [-0.05, 0) is 6.42 Å². The summed E-state index contributed by atoms with van der Waals surface area (Å²) in [5.41, 5.74) is 0.425. The van der Waals surface area contributed by atoms with E-state index in [9.17, 15) is 9.59 Å². The summed E-state index contributed by atoms with van der Waals surface area (Å²) in [5.74, 6) is -1.11. The van der Waals surface area contributed by atoms with Gasteiger partial charge >= 0.3 is 10.8 Å². The van der Waals surface area contributed by atoms with Crippen LogP contribution in [-0.2, 0) is 13.0 Å². The van der Waals surface area contributed by atoms with Crippen LogP contribution < -0.4 is 4.87 Å². The molecule has 74 valence electrons. The first-order valence-electron chi connectivity index (χ1n) is 3.94. The standard InChI is InChI=1S/C8H8N2O3S/c1-2-5-6(7(11)12)14-8(13)10(5)4-3-9/h2,4H2,1H3,(H,11,12). The fraction of sp³-hybridized carbons (Fsp3) is 0.375. The molecule has 0 amide bonds. The van der Waals surface area contributed by atoms with E-state index in [0.29, 0.717) is 23.5 Å². The molecule has 0 aliphatic heterocycles. The number of hydrogen-bond donors (Lipinski definition) is 1. The first kappa shape index (κ1) is 10.5. The number of carbonyl (C=O) groups is 1. The maximum Gasteiger partial charge on any atom is 0.347 e. The molecule has 0 radical (unpaired) electrons. The minimum Gasteiger partial charge on any atom is -0.477 e. The first-order chi connectivity index (χ1) is 6.61. The Morgan fingerprint density at radius 2 is 2.36 bits per heavy atom. The van der Waals surface area contributed by atoms with Crippen molar-refractivity contribution in [2.75, 3.05) is 0 Å². The Morgan fingerprint density at radius 3 is 2.79 bits per heavy atom.